The van der Waals surface area contributed by atoms with Crippen LogP contribution in [0.25, 0.3) is 0 Å². The minimum atomic E-state index is -8.43. The number of ketones is 1. The molecule has 16 heteroatoms. The number of carbonyl (C=O) groups is 1. The lowest BCUT2D eigenvalue weighted by molar-refractivity contribution is -0.449. The second-order valence-electron chi connectivity index (χ2n) is 13.9. The lowest BCUT2D eigenvalue weighted by atomic mass is 9.74. The zero-order chi connectivity index (χ0) is 38.0. The van der Waals surface area contributed by atoms with Gasteiger partial charge in [-0.15, -0.1) is 0 Å². The number of hydrogen-bond acceptors (Lipinski definition) is 1. The Hall–Kier alpha value is -2.16. The molecule has 2 saturated carbocycles. The van der Waals surface area contributed by atoms with Crippen LogP contribution in [0, 0.1) is 17.8 Å². The van der Waals surface area contributed by atoms with Crippen molar-refractivity contribution in [3.8, 4) is 0 Å². The maximum atomic E-state index is 14.5. The van der Waals surface area contributed by atoms with Crippen molar-refractivity contribution in [2.45, 2.75) is 151 Å². The van der Waals surface area contributed by atoms with Crippen LogP contribution in [0.15, 0.2) is 24.3 Å². The summed E-state index contributed by atoms with van der Waals surface area (Å²) >= 11 is 0. The zero-order valence-electron chi connectivity index (χ0n) is 27.3. The molecule has 1 nitrogen and oxygen atoms in total. The van der Waals surface area contributed by atoms with Crippen LogP contribution in [0.4, 0.5) is 65.9 Å². The molecule has 0 unspecified atom stereocenters. The summed E-state index contributed by atoms with van der Waals surface area (Å²) in [6.07, 6.45) is 8.65. The normalized spacial score (nSPS) is 23.6. The standard InChI is InChI=1S/C34H41F15O/c1-2-3-4-5-6-21-7-9-22(10-8-21)11-12-23-13-15-24(16-14-23)25-17-19-26(20-18-25)27(50)28(35,36)29(37,38)30(39,40)31(41,42)32(43,44)33(45,46)34(47,48)49/h17-24H,2-16H2,1H3. The Morgan fingerprint density at radius 3 is 1.36 bits per heavy atom. The molecule has 0 spiro atoms. The molecule has 288 valence electrons. The van der Waals surface area contributed by atoms with Gasteiger partial charge in [-0.2, -0.15) is 65.9 Å². The molecule has 0 aliphatic heterocycles. The van der Waals surface area contributed by atoms with Crippen LogP contribution in [-0.2, 0) is 0 Å². The topological polar surface area (TPSA) is 17.1 Å². The van der Waals surface area contributed by atoms with E-state index in [0.717, 1.165) is 43.7 Å². The summed E-state index contributed by atoms with van der Waals surface area (Å²) in [7, 11) is 0. The van der Waals surface area contributed by atoms with E-state index < -0.39 is 53.1 Å². The van der Waals surface area contributed by atoms with Crippen molar-refractivity contribution in [3.05, 3.63) is 35.4 Å². The maximum absolute atomic E-state index is 14.5. The van der Waals surface area contributed by atoms with Gasteiger partial charge in [-0.05, 0) is 54.9 Å². The Bertz CT molecular complexity index is 1240. The minimum Gasteiger partial charge on any atom is -0.287 e. The van der Waals surface area contributed by atoms with Gasteiger partial charge in [-0.25, -0.2) is 0 Å². The summed E-state index contributed by atoms with van der Waals surface area (Å²) in [4.78, 5) is 12.2. The molecular weight excluding hydrogens is 709 g/mol. The molecule has 2 aliphatic carbocycles. The molecule has 0 N–H and O–H groups in total. The largest absolute Gasteiger partial charge is 0.460 e. The van der Waals surface area contributed by atoms with E-state index in [1.807, 2.05) is 0 Å². The Balaban J connectivity index is 1.59. The molecule has 0 radical (unpaired) electrons. The maximum Gasteiger partial charge on any atom is 0.460 e. The predicted molar refractivity (Wildman–Crippen MR) is 155 cm³/mol. The molecule has 0 amide bonds. The molecule has 50 heavy (non-hydrogen) atoms. The van der Waals surface area contributed by atoms with Crippen LogP contribution in [0.1, 0.15) is 125 Å². The smallest absolute Gasteiger partial charge is 0.287 e. The number of alkyl halides is 15. The molecule has 3 rings (SSSR count). The first-order valence-electron chi connectivity index (χ1n) is 16.8. The SMILES string of the molecule is CCCCCCC1CCC(CCC2CCC(c3ccc(C(=O)C(F)(F)C(F)(F)C(F)(F)C(F)(F)C(F)(F)C(F)(F)C(F)(F)F)cc3)CC2)CC1. The molecule has 2 fully saturated rings. The molecule has 0 atom stereocenters. The van der Waals surface area contributed by atoms with Gasteiger partial charge < -0.3 is 0 Å². The predicted octanol–water partition coefficient (Wildman–Crippen LogP) is 13.1. The van der Waals surface area contributed by atoms with E-state index in [1.54, 1.807) is 0 Å². The van der Waals surface area contributed by atoms with Crippen LogP contribution in [-0.4, -0.2) is 47.5 Å². The fourth-order valence-electron chi connectivity index (χ4n) is 7.12. The number of carbonyl (C=O) groups excluding carboxylic acids is 1. The average molecular weight is 751 g/mol. The molecule has 1 aromatic carbocycles. The Morgan fingerprint density at radius 2 is 0.920 bits per heavy atom. The zero-order valence-corrected chi connectivity index (χ0v) is 27.3. The third kappa shape index (κ3) is 8.07. The Morgan fingerprint density at radius 1 is 0.520 bits per heavy atom. The van der Waals surface area contributed by atoms with E-state index in [2.05, 4.69) is 6.92 Å². The first kappa shape index (κ1) is 42.3. The average Bonchev–Trinajstić information content (AvgIpc) is 3.05. The summed E-state index contributed by atoms with van der Waals surface area (Å²) in [6.45, 7) is 2.18. The second-order valence-corrected chi connectivity index (χ2v) is 13.9. The number of hydrogen-bond donors (Lipinski definition) is 0. The number of benzene rings is 1. The van der Waals surface area contributed by atoms with Gasteiger partial charge in [0.05, 0.1) is 0 Å². The van der Waals surface area contributed by atoms with Crippen LogP contribution < -0.4 is 0 Å². The summed E-state index contributed by atoms with van der Waals surface area (Å²) < 4.78 is 203. The molecule has 2 aliphatic rings. The molecule has 0 bridgehead atoms. The highest BCUT2D eigenvalue weighted by atomic mass is 19.4. The molecule has 0 aromatic heterocycles. The third-order valence-electron chi connectivity index (χ3n) is 10.5. The molecule has 0 saturated heterocycles. The lowest BCUT2D eigenvalue weighted by Gasteiger charge is -2.41. The van der Waals surface area contributed by atoms with E-state index in [9.17, 15) is 70.7 Å². The first-order valence-corrected chi connectivity index (χ1v) is 16.8. The van der Waals surface area contributed by atoms with Crippen molar-refractivity contribution in [2.75, 3.05) is 0 Å². The van der Waals surface area contributed by atoms with Crippen LogP contribution in [0.5, 0.6) is 0 Å². The van der Waals surface area contributed by atoms with Gasteiger partial charge in [-0.3, -0.25) is 4.79 Å². The van der Waals surface area contributed by atoms with Gasteiger partial charge >= 0.3 is 41.7 Å². The number of unbranched alkanes of at least 4 members (excludes halogenated alkanes) is 3. The van der Waals surface area contributed by atoms with Crippen molar-refractivity contribution >= 4 is 5.78 Å². The highest BCUT2D eigenvalue weighted by Crippen LogP contribution is 2.62. The van der Waals surface area contributed by atoms with Gasteiger partial charge in [0.15, 0.2) is 0 Å². The molecule has 0 heterocycles. The summed E-state index contributed by atoms with van der Waals surface area (Å²) in [5.41, 5.74) is -0.993. The summed E-state index contributed by atoms with van der Waals surface area (Å²) in [6, 6.07) is 3.07. The van der Waals surface area contributed by atoms with Crippen molar-refractivity contribution in [3.63, 3.8) is 0 Å². The fourth-order valence-corrected chi connectivity index (χ4v) is 7.12. The highest BCUT2D eigenvalue weighted by molar-refractivity contribution is 6.02. The Labute approximate surface area is 280 Å². The van der Waals surface area contributed by atoms with Crippen molar-refractivity contribution in [2.24, 2.45) is 17.8 Å². The lowest BCUT2D eigenvalue weighted by Crippen LogP contribution is -2.73. The van der Waals surface area contributed by atoms with Gasteiger partial charge in [-0.1, -0.05) is 102 Å². The van der Waals surface area contributed by atoms with E-state index in [4.69, 9.17) is 0 Å². The quantitative estimate of drug-likeness (QED) is 0.0934. The Kier molecular flexibility index (Phi) is 13.0. The molecular formula is C34H41F15O. The van der Waals surface area contributed by atoms with Crippen molar-refractivity contribution in [1.29, 1.82) is 0 Å². The van der Waals surface area contributed by atoms with Gasteiger partial charge in [0, 0.05) is 5.56 Å². The molecule has 1 aromatic rings. The fraction of sp³-hybridized carbons (Fsp3) is 0.794. The van der Waals surface area contributed by atoms with Gasteiger partial charge in [0.1, 0.15) is 0 Å². The second kappa shape index (κ2) is 15.4. The third-order valence-corrected chi connectivity index (χ3v) is 10.5. The van der Waals surface area contributed by atoms with Crippen molar-refractivity contribution < 1.29 is 70.7 Å². The first-order chi connectivity index (χ1) is 22.9. The van der Waals surface area contributed by atoms with Crippen LogP contribution >= 0.6 is 0 Å². The van der Waals surface area contributed by atoms with Crippen LogP contribution in [0.2, 0.25) is 0 Å². The minimum absolute atomic E-state index is 0.152. The van der Waals surface area contributed by atoms with Crippen LogP contribution in [0.3, 0.4) is 0 Å². The van der Waals surface area contributed by atoms with E-state index >= 15 is 0 Å². The number of halogens is 15. The van der Waals surface area contributed by atoms with Crippen molar-refractivity contribution in [1.82, 2.24) is 0 Å². The monoisotopic (exact) mass is 750 g/mol. The number of rotatable bonds is 16. The van der Waals surface area contributed by atoms with Gasteiger partial charge in [0.25, 0.3) is 0 Å². The van der Waals surface area contributed by atoms with E-state index in [1.165, 1.54) is 57.8 Å². The van der Waals surface area contributed by atoms with Gasteiger partial charge in [0.2, 0.25) is 5.78 Å². The highest BCUT2D eigenvalue weighted by Gasteiger charge is 2.94. The van der Waals surface area contributed by atoms with E-state index in [-0.39, 0.29) is 5.92 Å². The number of Topliss-reactive ketones (excluding diaryl/α,β-unsaturated/α-hetero) is 1. The summed E-state index contributed by atoms with van der Waals surface area (Å²) in [5, 5.41) is 0. The summed E-state index contributed by atoms with van der Waals surface area (Å²) in [5.74, 6) is -49.5. The van der Waals surface area contributed by atoms with E-state index in [0.29, 0.717) is 42.4 Å².